The van der Waals surface area contributed by atoms with E-state index in [4.69, 9.17) is 62.7 Å². The average molecular weight is 406 g/mol. The minimum absolute atomic E-state index is 0.0332. The van der Waals surface area contributed by atoms with Crippen LogP contribution >= 0.6 is 58.0 Å². The summed E-state index contributed by atoms with van der Waals surface area (Å²) in [6.45, 7) is 0. The lowest BCUT2D eigenvalue weighted by Crippen LogP contribution is -1.95. The van der Waals surface area contributed by atoms with Crippen molar-refractivity contribution in [3.63, 3.8) is 0 Å². The summed E-state index contributed by atoms with van der Waals surface area (Å²) >= 11 is 30.1. The summed E-state index contributed by atoms with van der Waals surface area (Å²) in [6.07, 6.45) is -2.77. The van der Waals surface area contributed by atoms with E-state index in [0.29, 0.717) is 0 Å². The molecule has 0 spiro atoms. The molecule has 0 radical (unpaired) electrons. The van der Waals surface area contributed by atoms with Crippen molar-refractivity contribution in [1.82, 2.24) is 0 Å². The number of hydrogen-bond acceptors (Lipinski definition) is 1. The first kappa shape index (κ1) is 17.9. The first-order valence-corrected chi connectivity index (χ1v) is 7.66. The second kappa shape index (κ2) is 6.98. The van der Waals surface area contributed by atoms with Gasteiger partial charge in [0, 0.05) is 11.1 Å². The van der Waals surface area contributed by atoms with Crippen molar-refractivity contribution in [3.05, 3.63) is 48.9 Å². The Morgan fingerprint density at radius 3 is 1.82 bits per heavy atom. The molecule has 0 atom stereocenters. The van der Waals surface area contributed by atoms with Crippen LogP contribution in [0.4, 0.5) is 8.78 Å². The van der Waals surface area contributed by atoms with E-state index in [1.54, 1.807) is 0 Å². The van der Waals surface area contributed by atoms with Gasteiger partial charge in [0.25, 0.3) is 6.43 Å². The second-order valence-electron chi connectivity index (χ2n) is 4.20. The summed E-state index contributed by atoms with van der Waals surface area (Å²) in [7, 11) is 1.38. The molecule has 0 bridgehead atoms. The van der Waals surface area contributed by atoms with Crippen LogP contribution in [0.25, 0.3) is 11.1 Å². The Hall–Kier alpha value is -0.450. The van der Waals surface area contributed by atoms with Crippen LogP contribution in [0.5, 0.6) is 5.75 Å². The number of rotatable bonds is 3. The van der Waals surface area contributed by atoms with Gasteiger partial charge in [-0.15, -0.1) is 0 Å². The molecule has 118 valence electrons. The second-order valence-corrected chi connectivity index (χ2v) is 6.09. The van der Waals surface area contributed by atoms with E-state index in [2.05, 4.69) is 0 Å². The molecule has 8 heteroatoms. The van der Waals surface area contributed by atoms with Crippen molar-refractivity contribution < 1.29 is 13.5 Å². The SMILES string of the molecule is COc1ccc(-c2c(Cl)c(Cl)c(Cl)c(Cl)c2Cl)c(C(F)F)c1. The highest BCUT2D eigenvalue weighted by molar-refractivity contribution is 6.56. The summed E-state index contributed by atoms with van der Waals surface area (Å²) in [5, 5.41) is -0.233. The third-order valence-corrected chi connectivity index (χ3v) is 5.25. The van der Waals surface area contributed by atoms with Gasteiger partial charge in [-0.3, -0.25) is 0 Å². The highest BCUT2D eigenvalue weighted by atomic mass is 35.5. The molecule has 2 rings (SSSR count). The molecule has 0 saturated carbocycles. The van der Waals surface area contributed by atoms with Crippen molar-refractivity contribution in [2.75, 3.05) is 7.11 Å². The molecule has 22 heavy (non-hydrogen) atoms. The monoisotopic (exact) mass is 404 g/mol. The maximum Gasteiger partial charge on any atom is 0.264 e. The van der Waals surface area contributed by atoms with Crippen LogP contribution in [-0.4, -0.2) is 7.11 Å². The molecule has 0 aliphatic heterocycles. The predicted octanol–water partition coefficient (Wildman–Crippen LogP) is 7.57. The largest absolute Gasteiger partial charge is 0.497 e. The Morgan fingerprint density at radius 1 is 0.864 bits per heavy atom. The zero-order chi connectivity index (χ0) is 16.6. The fraction of sp³-hybridized carbons (Fsp3) is 0.143. The molecule has 0 amide bonds. The molecule has 0 fully saturated rings. The molecule has 0 heterocycles. The zero-order valence-corrected chi connectivity index (χ0v) is 14.6. The Kier molecular flexibility index (Phi) is 5.68. The third kappa shape index (κ3) is 3.10. The number of ether oxygens (including phenoxy) is 1. The number of alkyl halides is 2. The van der Waals surface area contributed by atoms with Crippen LogP contribution < -0.4 is 4.74 Å². The molecule has 0 N–H and O–H groups in total. The summed E-state index contributed by atoms with van der Waals surface area (Å²) in [5.74, 6) is 0.275. The Morgan fingerprint density at radius 2 is 1.36 bits per heavy atom. The van der Waals surface area contributed by atoms with Gasteiger partial charge in [-0.1, -0.05) is 64.1 Å². The Balaban J connectivity index is 2.83. The summed E-state index contributed by atoms with van der Waals surface area (Å²) in [6, 6.07) is 4.11. The van der Waals surface area contributed by atoms with E-state index in [1.165, 1.54) is 25.3 Å². The fourth-order valence-electron chi connectivity index (χ4n) is 1.92. The molecule has 1 nitrogen and oxygen atoms in total. The molecule has 2 aromatic rings. The van der Waals surface area contributed by atoms with Gasteiger partial charge in [-0.25, -0.2) is 8.78 Å². The van der Waals surface area contributed by atoms with Crippen molar-refractivity contribution in [2.24, 2.45) is 0 Å². The number of benzene rings is 2. The minimum atomic E-state index is -2.77. The maximum absolute atomic E-state index is 13.3. The molecule has 0 unspecified atom stereocenters. The Bertz CT molecular complexity index is 705. The van der Waals surface area contributed by atoms with E-state index in [9.17, 15) is 8.78 Å². The maximum atomic E-state index is 13.3. The van der Waals surface area contributed by atoms with Crippen LogP contribution in [0.2, 0.25) is 25.1 Å². The van der Waals surface area contributed by atoms with Crippen molar-refractivity contribution in [1.29, 1.82) is 0 Å². The summed E-state index contributed by atoms with van der Waals surface area (Å²) < 4.78 is 31.6. The van der Waals surface area contributed by atoms with Crippen molar-refractivity contribution >= 4 is 58.0 Å². The standard InChI is InChI=1S/C14H7Cl5F2O/c1-22-5-2-3-6(7(4-5)14(20)21)8-9(15)11(17)13(19)12(18)10(8)16/h2-4,14H,1H3. The Labute approximate surface area is 150 Å². The van der Waals surface area contributed by atoms with Gasteiger partial charge in [0.05, 0.1) is 32.2 Å². The van der Waals surface area contributed by atoms with E-state index in [0.717, 1.165) is 0 Å². The molecule has 0 aliphatic carbocycles. The lowest BCUT2D eigenvalue weighted by Gasteiger charge is -2.16. The van der Waals surface area contributed by atoms with Gasteiger partial charge in [0.2, 0.25) is 0 Å². The van der Waals surface area contributed by atoms with E-state index in [-0.39, 0.29) is 47.6 Å². The molecule has 0 saturated heterocycles. The van der Waals surface area contributed by atoms with Crippen LogP contribution in [0.15, 0.2) is 18.2 Å². The smallest absolute Gasteiger partial charge is 0.264 e. The third-order valence-electron chi connectivity index (χ3n) is 2.97. The highest BCUT2D eigenvalue weighted by Gasteiger charge is 2.24. The highest BCUT2D eigenvalue weighted by Crippen LogP contribution is 2.50. The average Bonchev–Trinajstić information content (AvgIpc) is 2.51. The topological polar surface area (TPSA) is 9.23 Å². The lowest BCUT2D eigenvalue weighted by atomic mass is 9.99. The number of hydrogen-bond donors (Lipinski definition) is 0. The van der Waals surface area contributed by atoms with E-state index >= 15 is 0 Å². The quantitative estimate of drug-likeness (QED) is 0.377. The van der Waals surface area contributed by atoms with Crippen LogP contribution in [0, 0.1) is 0 Å². The number of methoxy groups -OCH3 is 1. The first-order chi connectivity index (χ1) is 10.3. The van der Waals surface area contributed by atoms with Crippen LogP contribution in [-0.2, 0) is 0 Å². The van der Waals surface area contributed by atoms with Crippen molar-refractivity contribution in [3.8, 4) is 16.9 Å². The summed E-state index contributed by atoms with van der Waals surface area (Å²) in [4.78, 5) is 0. The predicted molar refractivity (Wildman–Crippen MR) is 88.4 cm³/mol. The molecule has 0 aliphatic rings. The molecule has 2 aromatic carbocycles. The van der Waals surface area contributed by atoms with Gasteiger partial charge >= 0.3 is 0 Å². The van der Waals surface area contributed by atoms with Gasteiger partial charge in [0.15, 0.2) is 0 Å². The van der Waals surface area contributed by atoms with Crippen molar-refractivity contribution in [2.45, 2.75) is 6.43 Å². The van der Waals surface area contributed by atoms with Gasteiger partial charge in [-0.05, 0) is 17.7 Å². The number of halogens is 7. The van der Waals surface area contributed by atoms with Crippen LogP contribution in [0.3, 0.4) is 0 Å². The molecular formula is C14H7Cl5F2O. The fourth-order valence-corrected chi connectivity index (χ4v) is 3.26. The minimum Gasteiger partial charge on any atom is -0.497 e. The van der Waals surface area contributed by atoms with Gasteiger partial charge < -0.3 is 4.74 Å². The van der Waals surface area contributed by atoms with Gasteiger partial charge in [0.1, 0.15) is 5.75 Å². The summed E-state index contributed by atoms with van der Waals surface area (Å²) in [5.41, 5.74) is -0.107. The molecule has 0 aromatic heterocycles. The normalized spacial score (nSPS) is 11.1. The van der Waals surface area contributed by atoms with Crippen LogP contribution in [0.1, 0.15) is 12.0 Å². The zero-order valence-electron chi connectivity index (χ0n) is 10.9. The first-order valence-electron chi connectivity index (χ1n) is 5.77. The van der Waals surface area contributed by atoms with Gasteiger partial charge in [-0.2, -0.15) is 0 Å². The lowest BCUT2D eigenvalue weighted by molar-refractivity contribution is 0.151. The van der Waals surface area contributed by atoms with E-state index in [1.807, 2.05) is 0 Å². The molecular weight excluding hydrogens is 399 g/mol. The van der Waals surface area contributed by atoms with E-state index < -0.39 is 6.43 Å².